The van der Waals surface area contributed by atoms with E-state index >= 15 is 0 Å². The normalized spacial score (nSPS) is 32.1. The molecule has 2 fully saturated rings. The Bertz CT molecular complexity index is 257. The van der Waals surface area contributed by atoms with E-state index in [2.05, 4.69) is 17.2 Å². The van der Waals surface area contributed by atoms with Gasteiger partial charge >= 0.3 is 0 Å². The lowest BCUT2D eigenvalue weighted by Crippen LogP contribution is -2.43. The summed E-state index contributed by atoms with van der Waals surface area (Å²) in [5.41, 5.74) is 2.23. The van der Waals surface area contributed by atoms with Crippen molar-refractivity contribution in [1.82, 2.24) is 10.3 Å². The maximum atomic E-state index is 11.3. The highest BCUT2D eigenvalue weighted by atomic mass is 16.2. The lowest BCUT2D eigenvalue weighted by atomic mass is 9.85. The van der Waals surface area contributed by atoms with Crippen LogP contribution in [-0.2, 0) is 4.79 Å². The quantitative estimate of drug-likeness (QED) is 0.428. The summed E-state index contributed by atoms with van der Waals surface area (Å²) in [4.78, 5) is 13.8. The van der Waals surface area contributed by atoms with E-state index < -0.39 is 0 Å². The molecule has 2 aliphatic rings. The Balaban J connectivity index is 1.91. The van der Waals surface area contributed by atoms with Gasteiger partial charge in [-0.1, -0.05) is 12.8 Å². The number of carbonyl (C=O) groups excluding carboxylic acids is 1. The van der Waals surface area contributed by atoms with Crippen LogP contribution in [0.25, 0.3) is 0 Å². The second kappa shape index (κ2) is 5.15. The topological polar surface area (TPSA) is 58.4 Å². The lowest BCUT2D eigenvalue weighted by molar-refractivity contribution is -0.122. The first kappa shape index (κ1) is 11.9. The van der Waals surface area contributed by atoms with Crippen LogP contribution in [0.3, 0.4) is 0 Å². The van der Waals surface area contributed by atoms with Crippen molar-refractivity contribution < 1.29 is 4.79 Å². The molecule has 1 aliphatic carbocycles. The van der Waals surface area contributed by atoms with Crippen LogP contribution in [-0.4, -0.2) is 29.4 Å². The zero-order chi connectivity index (χ0) is 11.5. The highest BCUT2D eigenvalue weighted by molar-refractivity contribution is 5.75. The number of amides is 1. The second-order valence-electron chi connectivity index (χ2n) is 5.26. The van der Waals surface area contributed by atoms with Gasteiger partial charge in [0.15, 0.2) is 0 Å². The summed E-state index contributed by atoms with van der Waals surface area (Å²) in [6.45, 7) is 3.31. The Morgan fingerprint density at radius 3 is 2.94 bits per heavy atom. The van der Waals surface area contributed by atoms with E-state index in [0.717, 1.165) is 18.5 Å². The molecule has 4 heteroatoms. The molecule has 2 rings (SSSR count). The molecule has 4 nitrogen and oxygen atoms in total. The molecule has 1 aliphatic heterocycles. The first-order valence-electron chi connectivity index (χ1n) is 6.47. The molecule has 1 amide bonds. The molecule has 0 spiro atoms. The maximum Gasteiger partial charge on any atom is 0.235 e. The smallest absolute Gasteiger partial charge is 0.235 e. The Hall–Kier alpha value is -0.610. The molecule has 0 radical (unpaired) electrons. The molecule has 3 unspecified atom stereocenters. The zero-order valence-corrected chi connectivity index (χ0v) is 10.1. The summed E-state index contributed by atoms with van der Waals surface area (Å²) in [5.74, 6) is 5.97. The van der Waals surface area contributed by atoms with Crippen LogP contribution in [0.2, 0.25) is 0 Å². The molecule has 1 saturated heterocycles. The summed E-state index contributed by atoms with van der Waals surface area (Å²) >= 11 is 0. The van der Waals surface area contributed by atoms with E-state index in [1.165, 1.54) is 32.1 Å². The van der Waals surface area contributed by atoms with Gasteiger partial charge < -0.3 is 0 Å². The third kappa shape index (κ3) is 2.38. The molecule has 3 atom stereocenters. The van der Waals surface area contributed by atoms with Crippen LogP contribution in [0.5, 0.6) is 0 Å². The third-order valence-corrected chi connectivity index (χ3v) is 4.26. The Morgan fingerprint density at radius 1 is 1.44 bits per heavy atom. The molecule has 0 aromatic heterocycles. The minimum Gasteiger partial charge on any atom is -0.297 e. The molecular formula is C12H23N3O. The number of carbonyl (C=O) groups is 1. The van der Waals surface area contributed by atoms with E-state index in [0.29, 0.717) is 12.5 Å². The number of hydrogen-bond acceptors (Lipinski definition) is 3. The lowest BCUT2D eigenvalue weighted by Gasteiger charge is -2.35. The van der Waals surface area contributed by atoms with E-state index in [1.54, 1.807) is 0 Å². The Morgan fingerprint density at radius 2 is 2.19 bits per heavy atom. The van der Waals surface area contributed by atoms with Crippen molar-refractivity contribution in [3.8, 4) is 0 Å². The number of fused-ring (bicyclic) bond motifs is 1. The van der Waals surface area contributed by atoms with E-state index in [4.69, 9.17) is 5.84 Å². The maximum absolute atomic E-state index is 11.3. The minimum atomic E-state index is -0.0493. The largest absolute Gasteiger partial charge is 0.297 e. The fourth-order valence-electron chi connectivity index (χ4n) is 3.43. The van der Waals surface area contributed by atoms with Gasteiger partial charge in [0, 0.05) is 18.5 Å². The van der Waals surface area contributed by atoms with Gasteiger partial charge in [-0.25, -0.2) is 5.84 Å². The summed E-state index contributed by atoms with van der Waals surface area (Å²) in [6.07, 6.45) is 7.30. The molecular weight excluding hydrogens is 202 g/mol. The molecule has 92 valence electrons. The predicted molar refractivity (Wildman–Crippen MR) is 63.5 cm³/mol. The van der Waals surface area contributed by atoms with Crippen LogP contribution in [0, 0.1) is 5.92 Å². The summed E-state index contributed by atoms with van der Waals surface area (Å²) in [7, 11) is 0. The van der Waals surface area contributed by atoms with Crippen molar-refractivity contribution in [1.29, 1.82) is 0 Å². The van der Waals surface area contributed by atoms with Crippen molar-refractivity contribution in [2.75, 3.05) is 6.54 Å². The van der Waals surface area contributed by atoms with Gasteiger partial charge in [0.1, 0.15) is 0 Å². The van der Waals surface area contributed by atoms with Gasteiger partial charge in [-0.2, -0.15) is 0 Å². The summed E-state index contributed by atoms with van der Waals surface area (Å²) in [6, 6.07) is 1.06. The van der Waals surface area contributed by atoms with Gasteiger partial charge in [0.05, 0.1) is 0 Å². The number of rotatable bonds is 3. The van der Waals surface area contributed by atoms with Crippen molar-refractivity contribution >= 4 is 5.91 Å². The molecule has 16 heavy (non-hydrogen) atoms. The third-order valence-electron chi connectivity index (χ3n) is 4.26. The highest BCUT2D eigenvalue weighted by Crippen LogP contribution is 2.37. The van der Waals surface area contributed by atoms with Crippen molar-refractivity contribution in [2.45, 2.75) is 57.5 Å². The van der Waals surface area contributed by atoms with Gasteiger partial charge in [0.2, 0.25) is 5.91 Å². The standard InChI is InChI=1S/C12H23N3O/c1-9(8-12(16)14-13)15-7-6-10-4-2-3-5-11(10)15/h9-11H,2-8,13H2,1H3,(H,14,16). The number of hydrazine groups is 1. The van der Waals surface area contributed by atoms with E-state index in [9.17, 15) is 4.79 Å². The van der Waals surface area contributed by atoms with Crippen molar-refractivity contribution in [3.63, 3.8) is 0 Å². The predicted octanol–water partition coefficient (Wildman–Crippen LogP) is 1.02. The van der Waals surface area contributed by atoms with Crippen molar-refractivity contribution in [2.24, 2.45) is 11.8 Å². The van der Waals surface area contributed by atoms with Crippen LogP contribution < -0.4 is 11.3 Å². The monoisotopic (exact) mass is 225 g/mol. The average Bonchev–Trinajstić information content (AvgIpc) is 2.72. The van der Waals surface area contributed by atoms with Crippen LogP contribution in [0.4, 0.5) is 0 Å². The molecule has 0 aromatic rings. The average molecular weight is 225 g/mol. The number of likely N-dealkylation sites (tertiary alicyclic amines) is 1. The fourth-order valence-corrected chi connectivity index (χ4v) is 3.43. The fraction of sp³-hybridized carbons (Fsp3) is 0.917. The first-order valence-corrected chi connectivity index (χ1v) is 6.47. The highest BCUT2D eigenvalue weighted by Gasteiger charge is 2.37. The van der Waals surface area contributed by atoms with Crippen LogP contribution >= 0.6 is 0 Å². The van der Waals surface area contributed by atoms with Gasteiger partial charge in [-0.3, -0.25) is 15.1 Å². The minimum absolute atomic E-state index is 0.0493. The number of hydrogen-bond donors (Lipinski definition) is 2. The molecule has 1 saturated carbocycles. The van der Waals surface area contributed by atoms with Gasteiger partial charge in [0.25, 0.3) is 0 Å². The molecule has 0 bridgehead atoms. The summed E-state index contributed by atoms with van der Waals surface area (Å²) in [5, 5.41) is 0. The first-order chi connectivity index (χ1) is 7.72. The number of nitrogens with one attached hydrogen (secondary N) is 1. The van der Waals surface area contributed by atoms with E-state index in [-0.39, 0.29) is 5.91 Å². The summed E-state index contributed by atoms with van der Waals surface area (Å²) < 4.78 is 0. The van der Waals surface area contributed by atoms with Gasteiger partial charge in [-0.15, -0.1) is 0 Å². The zero-order valence-electron chi connectivity index (χ0n) is 10.1. The Kier molecular flexibility index (Phi) is 3.82. The molecule has 0 aromatic carbocycles. The molecule has 1 heterocycles. The number of nitrogens with zero attached hydrogens (tertiary/aromatic N) is 1. The Labute approximate surface area is 97.5 Å². The SMILES string of the molecule is CC(CC(=O)NN)N1CCC2CCCCC21. The van der Waals surface area contributed by atoms with Crippen LogP contribution in [0.1, 0.15) is 45.4 Å². The van der Waals surface area contributed by atoms with Gasteiger partial charge in [-0.05, 0) is 38.6 Å². The second-order valence-corrected chi connectivity index (χ2v) is 5.26. The van der Waals surface area contributed by atoms with Crippen molar-refractivity contribution in [3.05, 3.63) is 0 Å². The molecule has 3 N–H and O–H groups in total. The van der Waals surface area contributed by atoms with E-state index in [1.807, 2.05) is 0 Å². The van der Waals surface area contributed by atoms with Crippen LogP contribution in [0.15, 0.2) is 0 Å². The number of nitrogens with two attached hydrogens (primary N) is 1.